The van der Waals surface area contributed by atoms with E-state index in [1.165, 1.54) is 0 Å². The summed E-state index contributed by atoms with van der Waals surface area (Å²) in [5.74, 6) is -0.677. The lowest BCUT2D eigenvalue weighted by atomic mass is 9.84. The number of rotatable bonds is 3. The molecule has 0 aliphatic rings. The Morgan fingerprint density at radius 2 is 1.62 bits per heavy atom. The summed E-state index contributed by atoms with van der Waals surface area (Å²) in [4.78, 5) is 11.1. The molecule has 0 aromatic heterocycles. The summed E-state index contributed by atoms with van der Waals surface area (Å²) in [5, 5.41) is 0. The molecule has 0 rings (SSSR count). The molecule has 0 N–H and O–H groups in total. The summed E-state index contributed by atoms with van der Waals surface area (Å²) >= 11 is 0. The molecule has 13 heavy (non-hydrogen) atoms. The molecule has 0 heterocycles. The van der Waals surface area contributed by atoms with Gasteiger partial charge in [-0.05, 0) is 0 Å². The van der Waals surface area contributed by atoms with Gasteiger partial charge >= 0.3 is 6.18 Å². The largest absolute Gasteiger partial charge is 0.394 e. The van der Waals surface area contributed by atoms with E-state index in [2.05, 4.69) is 0 Å². The number of carbonyl (C=O) groups excluding carboxylic acids is 1. The van der Waals surface area contributed by atoms with Crippen LogP contribution in [0, 0.1) is 11.3 Å². The molecular formula is C9H15F3O. The maximum Gasteiger partial charge on any atom is 0.394 e. The molecule has 0 saturated carbocycles. The lowest BCUT2D eigenvalue weighted by molar-refractivity contribution is -0.213. The monoisotopic (exact) mass is 196 g/mol. The Bertz CT molecular complexity index is 192. The van der Waals surface area contributed by atoms with Crippen molar-refractivity contribution in [3.63, 3.8) is 0 Å². The molecule has 0 aromatic rings. The van der Waals surface area contributed by atoms with Crippen molar-refractivity contribution in [1.29, 1.82) is 0 Å². The molecule has 0 atom stereocenters. The van der Waals surface area contributed by atoms with Gasteiger partial charge in [-0.3, -0.25) is 4.79 Å². The Kier molecular flexibility index (Phi) is 3.53. The predicted molar refractivity (Wildman–Crippen MR) is 44.3 cm³/mol. The van der Waals surface area contributed by atoms with Crippen LogP contribution < -0.4 is 0 Å². The molecule has 78 valence electrons. The van der Waals surface area contributed by atoms with Crippen molar-refractivity contribution in [2.24, 2.45) is 11.3 Å². The third-order valence-electron chi connectivity index (χ3n) is 2.03. The fourth-order valence-corrected chi connectivity index (χ4v) is 0.740. The minimum absolute atomic E-state index is 0.332. The molecule has 0 fully saturated rings. The average Bonchev–Trinajstić information content (AvgIpc) is 1.83. The van der Waals surface area contributed by atoms with Crippen molar-refractivity contribution in [3.05, 3.63) is 0 Å². The number of halogens is 3. The summed E-state index contributed by atoms with van der Waals surface area (Å²) < 4.78 is 36.9. The summed E-state index contributed by atoms with van der Waals surface area (Å²) in [7, 11) is 0. The lowest BCUT2D eigenvalue weighted by Gasteiger charge is -2.27. The van der Waals surface area contributed by atoms with Crippen molar-refractivity contribution < 1.29 is 18.0 Å². The quantitative estimate of drug-likeness (QED) is 0.677. The first-order chi connectivity index (χ1) is 5.58. The highest BCUT2D eigenvalue weighted by Gasteiger charge is 2.48. The van der Waals surface area contributed by atoms with Gasteiger partial charge in [0.15, 0.2) is 0 Å². The molecule has 1 nitrogen and oxygen atoms in total. The average molecular weight is 196 g/mol. The molecule has 0 aromatic carbocycles. The van der Waals surface area contributed by atoms with E-state index in [0.29, 0.717) is 0 Å². The minimum Gasteiger partial charge on any atom is -0.299 e. The van der Waals surface area contributed by atoms with Gasteiger partial charge in [0.1, 0.15) is 5.78 Å². The van der Waals surface area contributed by atoms with Crippen LogP contribution in [-0.4, -0.2) is 12.0 Å². The number of hydrogen-bond donors (Lipinski definition) is 0. The zero-order valence-electron chi connectivity index (χ0n) is 8.33. The zero-order chi connectivity index (χ0) is 10.9. The van der Waals surface area contributed by atoms with Crippen LogP contribution in [0.1, 0.15) is 34.1 Å². The topological polar surface area (TPSA) is 17.1 Å². The maximum absolute atomic E-state index is 12.3. The molecule has 0 radical (unpaired) electrons. The van der Waals surface area contributed by atoms with E-state index in [-0.39, 0.29) is 11.7 Å². The van der Waals surface area contributed by atoms with Gasteiger partial charge in [0.05, 0.1) is 5.41 Å². The molecule has 0 saturated heterocycles. The van der Waals surface area contributed by atoms with Crippen LogP contribution >= 0.6 is 0 Å². The number of ketones is 1. The van der Waals surface area contributed by atoms with E-state index >= 15 is 0 Å². The summed E-state index contributed by atoms with van der Waals surface area (Å²) in [5.41, 5.74) is -1.91. The molecular weight excluding hydrogens is 181 g/mol. The number of alkyl halides is 3. The first-order valence-corrected chi connectivity index (χ1v) is 4.17. The summed E-state index contributed by atoms with van der Waals surface area (Å²) in [6, 6.07) is 0. The first-order valence-electron chi connectivity index (χ1n) is 4.17. The van der Waals surface area contributed by atoms with Gasteiger partial charge in [-0.25, -0.2) is 0 Å². The molecule has 0 spiro atoms. The van der Waals surface area contributed by atoms with E-state index < -0.39 is 18.0 Å². The molecule has 4 heteroatoms. The fraction of sp³-hybridized carbons (Fsp3) is 0.889. The standard InChI is InChI=1S/C9H15F3O/c1-6(2)7(13)5-8(3,4)9(10,11)12/h6H,5H2,1-4H3. The smallest absolute Gasteiger partial charge is 0.299 e. The van der Waals surface area contributed by atoms with Crippen molar-refractivity contribution in [1.82, 2.24) is 0 Å². The van der Waals surface area contributed by atoms with E-state index in [9.17, 15) is 18.0 Å². The van der Waals surface area contributed by atoms with Gasteiger partial charge in [0.2, 0.25) is 0 Å². The highest BCUT2D eigenvalue weighted by Crippen LogP contribution is 2.40. The maximum atomic E-state index is 12.3. The van der Waals surface area contributed by atoms with Crippen molar-refractivity contribution in [2.75, 3.05) is 0 Å². The lowest BCUT2D eigenvalue weighted by Crippen LogP contribution is -2.35. The highest BCUT2D eigenvalue weighted by atomic mass is 19.4. The van der Waals surface area contributed by atoms with Gasteiger partial charge in [-0.1, -0.05) is 27.7 Å². The van der Waals surface area contributed by atoms with E-state index in [4.69, 9.17) is 0 Å². The second-order valence-electron chi connectivity index (χ2n) is 4.18. The Balaban J connectivity index is 4.44. The van der Waals surface area contributed by atoms with Crippen molar-refractivity contribution in [2.45, 2.75) is 40.3 Å². The second kappa shape index (κ2) is 3.68. The van der Waals surface area contributed by atoms with E-state index in [1.807, 2.05) is 0 Å². The summed E-state index contributed by atoms with van der Waals surface area (Å²) in [6.07, 6.45) is -4.74. The third kappa shape index (κ3) is 3.36. The minimum atomic E-state index is -4.31. The van der Waals surface area contributed by atoms with Crippen LogP contribution in [0.25, 0.3) is 0 Å². The van der Waals surface area contributed by atoms with Gasteiger partial charge in [0.25, 0.3) is 0 Å². The molecule has 0 bridgehead atoms. The van der Waals surface area contributed by atoms with Gasteiger partial charge < -0.3 is 0 Å². The normalized spacial score (nSPS) is 13.5. The van der Waals surface area contributed by atoms with Gasteiger partial charge in [0, 0.05) is 12.3 Å². The fourth-order valence-electron chi connectivity index (χ4n) is 0.740. The van der Waals surface area contributed by atoms with Gasteiger partial charge in [-0.2, -0.15) is 13.2 Å². The Morgan fingerprint density at radius 3 is 1.85 bits per heavy atom. The molecule has 0 aliphatic heterocycles. The van der Waals surface area contributed by atoms with Crippen molar-refractivity contribution >= 4 is 5.78 Å². The van der Waals surface area contributed by atoms with E-state index in [1.54, 1.807) is 13.8 Å². The third-order valence-corrected chi connectivity index (χ3v) is 2.03. The predicted octanol–water partition coefficient (Wildman–Crippen LogP) is 3.19. The SMILES string of the molecule is CC(C)C(=O)CC(C)(C)C(F)(F)F. The van der Waals surface area contributed by atoms with E-state index in [0.717, 1.165) is 13.8 Å². The van der Waals surface area contributed by atoms with Crippen LogP contribution in [0.15, 0.2) is 0 Å². The molecule has 0 unspecified atom stereocenters. The van der Waals surface area contributed by atoms with Crippen LogP contribution in [0.2, 0.25) is 0 Å². The van der Waals surface area contributed by atoms with Crippen LogP contribution in [0.3, 0.4) is 0 Å². The van der Waals surface area contributed by atoms with Gasteiger partial charge in [-0.15, -0.1) is 0 Å². The molecule has 0 aliphatic carbocycles. The Hall–Kier alpha value is -0.540. The molecule has 0 amide bonds. The number of carbonyl (C=O) groups is 1. The zero-order valence-corrected chi connectivity index (χ0v) is 8.33. The van der Waals surface area contributed by atoms with Crippen LogP contribution in [0.4, 0.5) is 13.2 Å². The van der Waals surface area contributed by atoms with Crippen LogP contribution in [0.5, 0.6) is 0 Å². The van der Waals surface area contributed by atoms with Crippen molar-refractivity contribution in [3.8, 4) is 0 Å². The Labute approximate surface area is 76.3 Å². The number of Topliss-reactive ketones (excluding diaryl/α,β-unsaturated/α-hetero) is 1. The van der Waals surface area contributed by atoms with Crippen LogP contribution in [-0.2, 0) is 4.79 Å². The Morgan fingerprint density at radius 1 is 1.23 bits per heavy atom. The first kappa shape index (κ1) is 12.5. The second-order valence-corrected chi connectivity index (χ2v) is 4.18. The summed E-state index contributed by atoms with van der Waals surface area (Å²) in [6.45, 7) is 5.31. The highest BCUT2D eigenvalue weighted by molar-refractivity contribution is 5.80. The number of hydrogen-bond acceptors (Lipinski definition) is 1.